The van der Waals surface area contributed by atoms with E-state index in [1.54, 1.807) is 7.05 Å². The minimum absolute atomic E-state index is 0.0164. The van der Waals surface area contributed by atoms with Crippen LogP contribution in [-0.4, -0.2) is 38.5 Å². The normalized spacial score (nSPS) is 11.2. The number of aliphatic imine (C=N–C) groups is 1. The number of guanidine groups is 1. The van der Waals surface area contributed by atoms with Crippen molar-refractivity contribution in [1.82, 2.24) is 16.0 Å². The Morgan fingerprint density at radius 1 is 1.08 bits per heavy atom. The summed E-state index contributed by atoms with van der Waals surface area (Å²) in [7, 11) is 1.74. The van der Waals surface area contributed by atoms with Gasteiger partial charge in [0.25, 0.3) is 5.91 Å². The lowest BCUT2D eigenvalue weighted by Crippen LogP contribution is -2.39. The molecule has 3 N–H and O–H groups in total. The predicted octanol–water partition coefficient (Wildman–Crippen LogP) is 2.93. The molecule has 0 aliphatic carbocycles. The number of carbonyl (C=O) groups is 1. The van der Waals surface area contributed by atoms with Crippen molar-refractivity contribution >= 4 is 34.8 Å². The molecule has 0 aliphatic heterocycles. The third kappa shape index (κ3) is 6.76. The summed E-state index contributed by atoms with van der Waals surface area (Å²) in [6.45, 7) is 2.11. The molecule has 1 amide bonds. The first-order valence-corrected chi connectivity index (χ1v) is 9.46. The lowest BCUT2D eigenvalue weighted by atomic mass is 10.1. The van der Waals surface area contributed by atoms with E-state index in [-0.39, 0.29) is 5.91 Å². The zero-order chi connectivity index (χ0) is 17.9. The highest BCUT2D eigenvalue weighted by molar-refractivity contribution is 7.12. The van der Waals surface area contributed by atoms with Gasteiger partial charge in [-0.15, -0.1) is 11.3 Å². The first kappa shape index (κ1) is 19.3. The maximum absolute atomic E-state index is 11.8. The van der Waals surface area contributed by atoms with Crippen LogP contribution < -0.4 is 16.0 Å². The average molecular weight is 379 g/mol. The van der Waals surface area contributed by atoms with Crippen LogP contribution in [0.3, 0.4) is 0 Å². The van der Waals surface area contributed by atoms with Crippen molar-refractivity contribution in [3.05, 3.63) is 57.2 Å². The molecule has 0 spiro atoms. The van der Waals surface area contributed by atoms with Crippen LogP contribution in [0.15, 0.2) is 46.8 Å². The molecule has 25 heavy (non-hydrogen) atoms. The van der Waals surface area contributed by atoms with E-state index in [1.807, 2.05) is 41.8 Å². The Labute approximate surface area is 157 Å². The standard InChI is InChI=1S/C18H23ClN4OS/c1-20-18(23-12-9-14-6-2-3-7-15(14)19)22-11-5-10-21-17(24)16-8-4-13-25-16/h2-4,6-8,13H,5,9-12H2,1H3,(H,21,24)(H2,20,22,23). The molecule has 0 bridgehead atoms. The van der Waals surface area contributed by atoms with Crippen molar-refractivity contribution in [2.45, 2.75) is 12.8 Å². The van der Waals surface area contributed by atoms with Gasteiger partial charge in [-0.05, 0) is 35.9 Å². The van der Waals surface area contributed by atoms with Crippen molar-refractivity contribution in [3.63, 3.8) is 0 Å². The minimum atomic E-state index is -0.0164. The molecule has 5 nitrogen and oxygen atoms in total. The largest absolute Gasteiger partial charge is 0.356 e. The van der Waals surface area contributed by atoms with Gasteiger partial charge in [-0.2, -0.15) is 0 Å². The van der Waals surface area contributed by atoms with Gasteiger partial charge < -0.3 is 16.0 Å². The van der Waals surface area contributed by atoms with Gasteiger partial charge in [-0.25, -0.2) is 0 Å². The van der Waals surface area contributed by atoms with Crippen LogP contribution in [0, 0.1) is 0 Å². The Kier molecular flexibility index (Phi) is 8.28. The number of amides is 1. The Hall–Kier alpha value is -2.05. The van der Waals surface area contributed by atoms with E-state index in [2.05, 4.69) is 20.9 Å². The zero-order valence-corrected chi connectivity index (χ0v) is 15.8. The number of rotatable bonds is 8. The van der Waals surface area contributed by atoms with Crippen molar-refractivity contribution < 1.29 is 4.79 Å². The highest BCUT2D eigenvalue weighted by Gasteiger charge is 2.05. The molecule has 1 aromatic carbocycles. The third-order valence-electron chi connectivity index (χ3n) is 3.54. The van der Waals surface area contributed by atoms with Crippen LogP contribution in [0.2, 0.25) is 5.02 Å². The first-order chi connectivity index (χ1) is 12.2. The molecular formula is C18H23ClN4OS. The summed E-state index contributed by atoms with van der Waals surface area (Å²) in [6, 6.07) is 11.5. The maximum atomic E-state index is 11.8. The maximum Gasteiger partial charge on any atom is 0.261 e. The van der Waals surface area contributed by atoms with Crippen molar-refractivity contribution in [2.24, 2.45) is 4.99 Å². The number of hydrogen-bond acceptors (Lipinski definition) is 3. The molecule has 1 aromatic heterocycles. The van der Waals surface area contributed by atoms with Gasteiger partial charge in [0.15, 0.2) is 5.96 Å². The fraction of sp³-hybridized carbons (Fsp3) is 0.333. The Bertz CT molecular complexity index is 688. The van der Waals surface area contributed by atoms with Crippen LogP contribution >= 0.6 is 22.9 Å². The molecule has 1 heterocycles. The van der Waals surface area contributed by atoms with Gasteiger partial charge in [0, 0.05) is 31.7 Å². The molecule has 134 valence electrons. The summed E-state index contributed by atoms with van der Waals surface area (Å²) >= 11 is 7.59. The topological polar surface area (TPSA) is 65.5 Å². The molecular weight excluding hydrogens is 356 g/mol. The third-order valence-corrected chi connectivity index (χ3v) is 4.78. The van der Waals surface area contributed by atoms with E-state index in [1.165, 1.54) is 11.3 Å². The number of halogens is 1. The number of nitrogens with zero attached hydrogens (tertiary/aromatic N) is 1. The molecule has 0 aliphatic rings. The number of nitrogens with one attached hydrogen (secondary N) is 3. The van der Waals surface area contributed by atoms with Gasteiger partial charge in [0.1, 0.15) is 0 Å². The monoisotopic (exact) mass is 378 g/mol. The van der Waals surface area contributed by atoms with Gasteiger partial charge in [0.05, 0.1) is 4.88 Å². The quantitative estimate of drug-likeness (QED) is 0.376. The molecule has 7 heteroatoms. The van der Waals surface area contributed by atoms with Crippen molar-refractivity contribution in [1.29, 1.82) is 0 Å². The van der Waals surface area contributed by atoms with Crippen LogP contribution in [-0.2, 0) is 6.42 Å². The van der Waals surface area contributed by atoms with Crippen LogP contribution in [0.5, 0.6) is 0 Å². The number of benzene rings is 1. The van der Waals surface area contributed by atoms with Crippen LogP contribution in [0.1, 0.15) is 21.7 Å². The molecule has 0 unspecified atom stereocenters. The zero-order valence-electron chi connectivity index (χ0n) is 14.2. The van der Waals surface area contributed by atoms with Gasteiger partial charge in [-0.3, -0.25) is 9.79 Å². The van der Waals surface area contributed by atoms with E-state index in [4.69, 9.17) is 11.6 Å². The highest BCUT2D eigenvalue weighted by atomic mass is 35.5. The lowest BCUT2D eigenvalue weighted by Gasteiger charge is -2.12. The van der Waals surface area contributed by atoms with E-state index < -0.39 is 0 Å². The number of carbonyl (C=O) groups excluding carboxylic acids is 1. The number of hydrogen-bond donors (Lipinski definition) is 3. The van der Waals surface area contributed by atoms with Crippen LogP contribution in [0.25, 0.3) is 0 Å². The molecule has 2 rings (SSSR count). The smallest absolute Gasteiger partial charge is 0.261 e. The molecule has 0 atom stereocenters. The Morgan fingerprint density at radius 2 is 1.84 bits per heavy atom. The lowest BCUT2D eigenvalue weighted by molar-refractivity contribution is 0.0957. The van der Waals surface area contributed by atoms with Gasteiger partial charge >= 0.3 is 0 Å². The van der Waals surface area contributed by atoms with E-state index >= 15 is 0 Å². The van der Waals surface area contributed by atoms with E-state index in [9.17, 15) is 4.79 Å². The second-order valence-corrected chi connectivity index (χ2v) is 6.71. The molecule has 2 aromatic rings. The Morgan fingerprint density at radius 3 is 2.56 bits per heavy atom. The minimum Gasteiger partial charge on any atom is -0.356 e. The second-order valence-electron chi connectivity index (χ2n) is 5.35. The fourth-order valence-electron chi connectivity index (χ4n) is 2.23. The summed E-state index contributed by atoms with van der Waals surface area (Å²) in [4.78, 5) is 16.7. The molecule has 0 saturated carbocycles. The summed E-state index contributed by atoms with van der Waals surface area (Å²) in [5, 5.41) is 12.1. The average Bonchev–Trinajstić information content (AvgIpc) is 3.16. The number of thiophene rings is 1. The second kappa shape index (κ2) is 10.7. The Balaban J connectivity index is 1.59. The highest BCUT2D eigenvalue weighted by Crippen LogP contribution is 2.14. The molecule has 0 fully saturated rings. The molecule has 0 radical (unpaired) electrons. The van der Waals surface area contributed by atoms with Gasteiger partial charge in [0.2, 0.25) is 0 Å². The van der Waals surface area contributed by atoms with E-state index in [0.717, 1.165) is 47.4 Å². The van der Waals surface area contributed by atoms with Crippen molar-refractivity contribution in [3.8, 4) is 0 Å². The first-order valence-electron chi connectivity index (χ1n) is 8.20. The van der Waals surface area contributed by atoms with Crippen LogP contribution in [0.4, 0.5) is 0 Å². The fourth-order valence-corrected chi connectivity index (χ4v) is 3.10. The summed E-state index contributed by atoms with van der Waals surface area (Å²) in [6.07, 6.45) is 1.65. The van der Waals surface area contributed by atoms with Crippen molar-refractivity contribution in [2.75, 3.05) is 26.7 Å². The SMILES string of the molecule is CN=C(NCCCNC(=O)c1cccs1)NCCc1ccccc1Cl. The summed E-state index contributed by atoms with van der Waals surface area (Å²) in [5.74, 6) is 0.730. The van der Waals surface area contributed by atoms with E-state index in [0.29, 0.717) is 6.54 Å². The summed E-state index contributed by atoms with van der Waals surface area (Å²) < 4.78 is 0. The van der Waals surface area contributed by atoms with Gasteiger partial charge in [-0.1, -0.05) is 35.9 Å². The molecule has 0 saturated heterocycles. The summed E-state index contributed by atoms with van der Waals surface area (Å²) in [5.41, 5.74) is 1.11. The predicted molar refractivity (Wildman–Crippen MR) is 106 cm³/mol.